The summed E-state index contributed by atoms with van der Waals surface area (Å²) >= 11 is 0. The summed E-state index contributed by atoms with van der Waals surface area (Å²) in [7, 11) is 0. The van der Waals surface area contributed by atoms with Crippen molar-refractivity contribution in [2.75, 3.05) is 13.2 Å². The second-order valence-corrected chi connectivity index (χ2v) is 6.53. The third-order valence-electron chi connectivity index (χ3n) is 4.40. The van der Waals surface area contributed by atoms with E-state index in [-0.39, 0.29) is 12.0 Å². The average Bonchev–Trinajstić information content (AvgIpc) is 3.25. The number of hydrogen-bond donors (Lipinski definition) is 1. The molecule has 1 fully saturated rings. The number of nitrogens with zero attached hydrogens (tertiary/aromatic N) is 4. The van der Waals surface area contributed by atoms with Crippen LogP contribution in [0.2, 0.25) is 0 Å². The van der Waals surface area contributed by atoms with Crippen LogP contribution in [0, 0.1) is 11.8 Å². The quantitative estimate of drug-likeness (QED) is 0.866. The van der Waals surface area contributed by atoms with Crippen LogP contribution in [-0.4, -0.2) is 45.4 Å². The molecule has 2 aromatic rings. The van der Waals surface area contributed by atoms with E-state index < -0.39 is 0 Å². The summed E-state index contributed by atoms with van der Waals surface area (Å²) in [6, 6.07) is 7.65. The molecule has 0 radical (unpaired) electrons. The smallest absolute Gasteiger partial charge is 0.224 e. The van der Waals surface area contributed by atoms with Gasteiger partial charge in [-0.05, 0) is 40.5 Å². The number of tetrazole rings is 1. The maximum Gasteiger partial charge on any atom is 0.224 e. The van der Waals surface area contributed by atoms with Gasteiger partial charge >= 0.3 is 0 Å². The number of carbonyl (C=O) groups excluding carboxylic acids is 1. The van der Waals surface area contributed by atoms with Crippen LogP contribution in [0.4, 0.5) is 0 Å². The van der Waals surface area contributed by atoms with Gasteiger partial charge in [0.25, 0.3) is 0 Å². The van der Waals surface area contributed by atoms with Crippen LogP contribution in [0.3, 0.4) is 0 Å². The van der Waals surface area contributed by atoms with E-state index in [1.807, 2.05) is 24.3 Å². The second-order valence-electron chi connectivity index (χ2n) is 6.53. The minimum absolute atomic E-state index is 0.0413. The minimum atomic E-state index is 0.0413. The van der Waals surface area contributed by atoms with Gasteiger partial charge < -0.3 is 10.1 Å². The van der Waals surface area contributed by atoms with E-state index in [0.29, 0.717) is 24.8 Å². The molecule has 2 heterocycles. The highest BCUT2D eigenvalue weighted by atomic mass is 16.5. The molecule has 1 aliphatic rings. The summed E-state index contributed by atoms with van der Waals surface area (Å²) in [6.07, 6.45) is 3.18. The topological polar surface area (TPSA) is 81.9 Å². The molecule has 128 valence electrons. The molecule has 2 atom stereocenters. The molecular formula is C17H23N5O2. The SMILES string of the molecule is CC(C)[C@@H]1OCC[C@H]1CNC(=O)Cc1ccc(-n2cnnn2)cc1. The van der Waals surface area contributed by atoms with Crippen molar-refractivity contribution < 1.29 is 9.53 Å². The van der Waals surface area contributed by atoms with E-state index in [2.05, 4.69) is 34.7 Å². The number of rotatable bonds is 6. The molecule has 1 saturated heterocycles. The predicted molar refractivity (Wildman–Crippen MR) is 88.6 cm³/mol. The molecule has 1 amide bonds. The summed E-state index contributed by atoms with van der Waals surface area (Å²) in [4.78, 5) is 12.2. The number of amides is 1. The van der Waals surface area contributed by atoms with E-state index >= 15 is 0 Å². The first-order valence-electron chi connectivity index (χ1n) is 8.34. The van der Waals surface area contributed by atoms with Gasteiger partial charge in [-0.15, -0.1) is 5.10 Å². The zero-order chi connectivity index (χ0) is 16.9. The first-order valence-corrected chi connectivity index (χ1v) is 8.34. The monoisotopic (exact) mass is 329 g/mol. The summed E-state index contributed by atoms with van der Waals surface area (Å²) in [5.41, 5.74) is 1.83. The Bertz CT molecular complexity index is 654. The van der Waals surface area contributed by atoms with Crippen molar-refractivity contribution in [3.63, 3.8) is 0 Å². The third kappa shape index (κ3) is 3.97. The van der Waals surface area contributed by atoms with Crippen molar-refractivity contribution in [2.24, 2.45) is 11.8 Å². The first-order chi connectivity index (χ1) is 11.6. The Morgan fingerprint density at radius 2 is 2.17 bits per heavy atom. The summed E-state index contributed by atoms with van der Waals surface area (Å²) < 4.78 is 7.34. The van der Waals surface area contributed by atoms with E-state index in [1.54, 1.807) is 4.68 Å². The standard InChI is InChI=1S/C17H23N5O2/c1-12(2)17-14(7-8-24-17)10-18-16(23)9-13-3-5-15(6-4-13)22-11-19-20-21-22/h3-6,11-12,14,17H,7-10H2,1-2H3,(H,18,23)/t14-,17-/m0/s1. The Labute approximate surface area is 141 Å². The number of benzene rings is 1. The molecule has 1 aromatic carbocycles. The zero-order valence-corrected chi connectivity index (χ0v) is 14.1. The molecule has 1 aromatic heterocycles. The predicted octanol–water partition coefficient (Wildman–Crippen LogP) is 1.38. The van der Waals surface area contributed by atoms with Gasteiger partial charge in [0.2, 0.25) is 5.91 Å². The Balaban J connectivity index is 1.50. The van der Waals surface area contributed by atoms with Crippen LogP contribution < -0.4 is 5.32 Å². The van der Waals surface area contributed by atoms with E-state index in [0.717, 1.165) is 24.3 Å². The third-order valence-corrected chi connectivity index (χ3v) is 4.40. The minimum Gasteiger partial charge on any atom is -0.378 e. The largest absolute Gasteiger partial charge is 0.378 e. The normalized spacial score (nSPS) is 20.5. The van der Waals surface area contributed by atoms with Gasteiger partial charge in [-0.1, -0.05) is 26.0 Å². The van der Waals surface area contributed by atoms with Gasteiger partial charge in [-0.25, -0.2) is 4.68 Å². The Morgan fingerprint density at radius 1 is 1.38 bits per heavy atom. The van der Waals surface area contributed by atoms with Crippen molar-refractivity contribution in [3.05, 3.63) is 36.2 Å². The van der Waals surface area contributed by atoms with E-state index in [4.69, 9.17) is 4.74 Å². The average molecular weight is 329 g/mol. The Kier molecular flexibility index (Phi) is 5.20. The molecule has 0 saturated carbocycles. The molecule has 7 nitrogen and oxygen atoms in total. The van der Waals surface area contributed by atoms with Crippen LogP contribution in [-0.2, 0) is 16.0 Å². The Hall–Kier alpha value is -2.28. The number of hydrogen-bond acceptors (Lipinski definition) is 5. The number of nitrogens with one attached hydrogen (secondary N) is 1. The summed E-state index contributed by atoms with van der Waals surface area (Å²) in [6.45, 7) is 5.81. The lowest BCUT2D eigenvalue weighted by atomic mass is 9.93. The number of carbonyl (C=O) groups is 1. The van der Waals surface area contributed by atoms with Crippen LogP contribution in [0.15, 0.2) is 30.6 Å². The lowest BCUT2D eigenvalue weighted by molar-refractivity contribution is -0.120. The second kappa shape index (κ2) is 7.53. The van der Waals surface area contributed by atoms with E-state index in [9.17, 15) is 4.79 Å². The fourth-order valence-corrected chi connectivity index (χ4v) is 3.15. The molecule has 0 spiro atoms. The number of ether oxygens (including phenoxy) is 1. The Morgan fingerprint density at radius 3 is 2.83 bits per heavy atom. The maximum absolute atomic E-state index is 12.2. The van der Waals surface area contributed by atoms with Crippen LogP contribution >= 0.6 is 0 Å². The fourth-order valence-electron chi connectivity index (χ4n) is 3.15. The van der Waals surface area contributed by atoms with Gasteiger partial charge in [0.1, 0.15) is 6.33 Å². The lowest BCUT2D eigenvalue weighted by Crippen LogP contribution is -2.35. The molecule has 1 N–H and O–H groups in total. The van der Waals surface area contributed by atoms with Crippen molar-refractivity contribution in [1.29, 1.82) is 0 Å². The van der Waals surface area contributed by atoms with Gasteiger partial charge in [-0.3, -0.25) is 4.79 Å². The zero-order valence-electron chi connectivity index (χ0n) is 14.1. The van der Waals surface area contributed by atoms with Crippen LogP contribution in [0.25, 0.3) is 5.69 Å². The molecule has 0 bridgehead atoms. The van der Waals surface area contributed by atoms with Gasteiger partial charge in [0, 0.05) is 19.1 Å². The summed E-state index contributed by atoms with van der Waals surface area (Å²) in [5, 5.41) is 14.1. The molecule has 3 rings (SSSR count). The van der Waals surface area contributed by atoms with Crippen LogP contribution in [0.1, 0.15) is 25.8 Å². The van der Waals surface area contributed by atoms with Crippen LogP contribution in [0.5, 0.6) is 0 Å². The van der Waals surface area contributed by atoms with Crippen molar-refractivity contribution in [1.82, 2.24) is 25.5 Å². The van der Waals surface area contributed by atoms with E-state index in [1.165, 1.54) is 6.33 Å². The van der Waals surface area contributed by atoms with Gasteiger partial charge in [-0.2, -0.15) is 0 Å². The van der Waals surface area contributed by atoms with Crippen molar-refractivity contribution >= 4 is 5.91 Å². The maximum atomic E-state index is 12.2. The summed E-state index contributed by atoms with van der Waals surface area (Å²) in [5.74, 6) is 0.934. The molecule has 7 heteroatoms. The fraction of sp³-hybridized carbons (Fsp3) is 0.529. The molecule has 0 aliphatic carbocycles. The highest BCUT2D eigenvalue weighted by molar-refractivity contribution is 5.78. The highest BCUT2D eigenvalue weighted by Crippen LogP contribution is 2.26. The molecule has 24 heavy (non-hydrogen) atoms. The first kappa shape index (κ1) is 16.6. The molecule has 1 aliphatic heterocycles. The molecular weight excluding hydrogens is 306 g/mol. The highest BCUT2D eigenvalue weighted by Gasteiger charge is 2.30. The van der Waals surface area contributed by atoms with Gasteiger partial charge in [0.05, 0.1) is 18.2 Å². The number of aromatic nitrogens is 4. The van der Waals surface area contributed by atoms with Crippen molar-refractivity contribution in [3.8, 4) is 5.69 Å². The molecule has 0 unspecified atom stereocenters. The van der Waals surface area contributed by atoms with Crippen molar-refractivity contribution in [2.45, 2.75) is 32.8 Å². The van der Waals surface area contributed by atoms with Gasteiger partial charge in [0.15, 0.2) is 0 Å². The lowest BCUT2D eigenvalue weighted by Gasteiger charge is -2.22.